The fraction of sp³-hybridized carbons (Fsp3) is 0.267. The Morgan fingerprint density at radius 3 is 2.24 bits per heavy atom. The van der Waals surface area contributed by atoms with E-state index >= 15 is 0 Å². The summed E-state index contributed by atoms with van der Waals surface area (Å²) in [6, 6.07) is 10.9. The minimum Gasteiger partial charge on any atom is -0.335 e. The molecule has 2 aromatic rings. The van der Waals surface area contributed by atoms with Crippen molar-refractivity contribution in [2.45, 2.75) is 4.90 Å². The van der Waals surface area contributed by atoms with Crippen LogP contribution in [0.15, 0.2) is 47.4 Å². The Bertz CT molecular complexity index is 887. The van der Waals surface area contributed by atoms with Gasteiger partial charge in [-0.15, -0.1) is 0 Å². The predicted molar refractivity (Wildman–Crippen MR) is 92.1 cm³/mol. The number of thiophene rings is 1. The molecule has 1 aromatic carbocycles. The van der Waals surface area contributed by atoms with Crippen LogP contribution in [0.5, 0.6) is 0 Å². The third-order valence-electron chi connectivity index (χ3n) is 3.89. The molecule has 3 rings (SSSR count). The van der Waals surface area contributed by atoms with Crippen LogP contribution in [0.2, 0.25) is 0 Å². The lowest BCUT2D eigenvalue weighted by Crippen LogP contribution is -2.50. The fourth-order valence-corrected chi connectivity index (χ4v) is 4.80. The number of hydrogen-bond acceptors (Lipinski definition) is 6. The number of hydrogen-bond donors (Lipinski definition) is 0. The summed E-state index contributed by atoms with van der Waals surface area (Å²) in [6.45, 7) is 0.875. The number of sulfonamides is 1. The van der Waals surface area contributed by atoms with Crippen LogP contribution in [0.1, 0.15) is 9.67 Å². The van der Waals surface area contributed by atoms with Crippen molar-refractivity contribution < 1.29 is 18.1 Å². The summed E-state index contributed by atoms with van der Waals surface area (Å²) in [5.41, 5.74) is 0. The lowest BCUT2D eigenvalue weighted by atomic mass is 10.3. The average Bonchev–Trinajstić information content (AvgIpc) is 3.12. The molecule has 10 heteroatoms. The lowest BCUT2D eigenvalue weighted by molar-refractivity contribution is -0.380. The number of carbonyl (C=O) groups is 1. The second-order valence-electron chi connectivity index (χ2n) is 5.40. The van der Waals surface area contributed by atoms with E-state index in [1.807, 2.05) is 0 Å². The number of amides is 1. The molecule has 1 aromatic heterocycles. The second kappa shape index (κ2) is 6.90. The fourth-order valence-electron chi connectivity index (χ4n) is 2.57. The summed E-state index contributed by atoms with van der Waals surface area (Å²) >= 11 is 0.824. The summed E-state index contributed by atoms with van der Waals surface area (Å²) in [4.78, 5) is 24.6. The zero-order chi connectivity index (χ0) is 18.0. The molecule has 132 valence electrons. The first kappa shape index (κ1) is 17.5. The number of carbonyl (C=O) groups excluding carboxylic acids is 1. The highest BCUT2D eigenvalue weighted by molar-refractivity contribution is 7.89. The first-order chi connectivity index (χ1) is 11.9. The van der Waals surface area contributed by atoms with Crippen LogP contribution in [0, 0.1) is 10.1 Å². The van der Waals surface area contributed by atoms with Crippen molar-refractivity contribution in [3.8, 4) is 0 Å². The summed E-state index contributed by atoms with van der Waals surface area (Å²) in [6.07, 6.45) is 0. The Morgan fingerprint density at radius 1 is 1.04 bits per heavy atom. The van der Waals surface area contributed by atoms with Gasteiger partial charge in [0.2, 0.25) is 10.0 Å². The van der Waals surface area contributed by atoms with Crippen LogP contribution in [0.25, 0.3) is 0 Å². The predicted octanol–water partition coefficient (Wildman–Crippen LogP) is 1.80. The van der Waals surface area contributed by atoms with Crippen molar-refractivity contribution in [2.75, 3.05) is 26.2 Å². The molecule has 0 bridgehead atoms. The van der Waals surface area contributed by atoms with Gasteiger partial charge in [-0.3, -0.25) is 14.9 Å². The third kappa shape index (κ3) is 3.55. The van der Waals surface area contributed by atoms with Crippen molar-refractivity contribution in [1.82, 2.24) is 9.21 Å². The molecule has 1 aliphatic heterocycles. The van der Waals surface area contributed by atoms with E-state index in [-0.39, 0.29) is 46.9 Å². The molecule has 2 heterocycles. The number of nitrogens with zero attached hydrogens (tertiary/aromatic N) is 3. The molecular formula is C15H15N3O5S2. The topological polar surface area (TPSA) is 101 Å². The van der Waals surface area contributed by atoms with Crippen LogP contribution in [0.3, 0.4) is 0 Å². The Labute approximate surface area is 148 Å². The van der Waals surface area contributed by atoms with Gasteiger partial charge in [-0.2, -0.15) is 4.31 Å². The molecule has 0 atom stereocenters. The van der Waals surface area contributed by atoms with Crippen LogP contribution in [-0.2, 0) is 10.0 Å². The van der Waals surface area contributed by atoms with Crippen molar-refractivity contribution >= 4 is 32.3 Å². The maximum absolute atomic E-state index is 12.6. The van der Waals surface area contributed by atoms with Gasteiger partial charge < -0.3 is 4.90 Å². The lowest BCUT2D eigenvalue weighted by Gasteiger charge is -2.33. The molecule has 0 saturated carbocycles. The average molecular weight is 381 g/mol. The normalized spacial score (nSPS) is 15.9. The molecule has 1 amide bonds. The molecule has 1 fully saturated rings. The zero-order valence-electron chi connectivity index (χ0n) is 13.1. The largest absolute Gasteiger partial charge is 0.335 e. The van der Waals surface area contributed by atoms with Gasteiger partial charge in [-0.05, 0) is 18.2 Å². The standard InChI is InChI=1S/C15H15N3O5S2/c19-15(13-6-7-14(24-13)18(20)21)16-8-10-17(11-9-16)25(22,23)12-4-2-1-3-5-12/h1-7H,8-11H2. The molecule has 25 heavy (non-hydrogen) atoms. The first-order valence-corrected chi connectivity index (χ1v) is 9.74. The zero-order valence-corrected chi connectivity index (χ0v) is 14.7. The molecular weight excluding hydrogens is 366 g/mol. The molecule has 1 aliphatic rings. The Kier molecular flexibility index (Phi) is 4.84. The minimum atomic E-state index is -3.57. The van der Waals surface area contributed by atoms with E-state index in [2.05, 4.69) is 0 Å². The third-order valence-corrected chi connectivity index (χ3v) is 6.83. The maximum Gasteiger partial charge on any atom is 0.324 e. The first-order valence-electron chi connectivity index (χ1n) is 7.48. The molecule has 1 saturated heterocycles. The monoisotopic (exact) mass is 381 g/mol. The number of piperazine rings is 1. The van der Waals surface area contributed by atoms with E-state index in [0.29, 0.717) is 0 Å². The van der Waals surface area contributed by atoms with E-state index in [4.69, 9.17) is 0 Å². The summed E-state index contributed by atoms with van der Waals surface area (Å²) in [7, 11) is -3.57. The van der Waals surface area contributed by atoms with Gasteiger partial charge in [0.05, 0.1) is 14.7 Å². The number of benzene rings is 1. The van der Waals surface area contributed by atoms with Crippen LogP contribution in [0.4, 0.5) is 5.00 Å². The van der Waals surface area contributed by atoms with E-state index in [0.717, 1.165) is 11.3 Å². The van der Waals surface area contributed by atoms with Crippen molar-refractivity contribution in [3.63, 3.8) is 0 Å². The van der Waals surface area contributed by atoms with E-state index in [1.54, 1.807) is 18.2 Å². The van der Waals surface area contributed by atoms with E-state index in [9.17, 15) is 23.3 Å². The molecule has 0 unspecified atom stereocenters. The molecule has 0 N–H and O–H groups in total. The summed E-state index contributed by atoms with van der Waals surface area (Å²) in [5, 5.41) is 10.6. The minimum absolute atomic E-state index is 0.0892. The molecule has 0 spiro atoms. The van der Waals surface area contributed by atoms with E-state index < -0.39 is 14.9 Å². The summed E-state index contributed by atoms with van der Waals surface area (Å²) in [5.74, 6) is -0.310. The van der Waals surface area contributed by atoms with Gasteiger partial charge in [0.15, 0.2) is 0 Å². The second-order valence-corrected chi connectivity index (χ2v) is 8.40. The van der Waals surface area contributed by atoms with Crippen LogP contribution < -0.4 is 0 Å². The highest BCUT2D eigenvalue weighted by Crippen LogP contribution is 2.26. The SMILES string of the molecule is O=C(c1ccc([N+](=O)[O-])s1)N1CCN(S(=O)(=O)c2ccccc2)CC1. The van der Waals surface area contributed by atoms with Crippen molar-refractivity contribution in [2.24, 2.45) is 0 Å². The Balaban J connectivity index is 1.67. The highest BCUT2D eigenvalue weighted by Gasteiger charge is 2.31. The van der Waals surface area contributed by atoms with Crippen molar-refractivity contribution in [3.05, 3.63) is 57.5 Å². The van der Waals surface area contributed by atoms with Gasteiger partial charge in [0.25, 0.3) is 5.91 Å². The molecule has 0 aliphatic carbocycles. The van der Waals surface area contributed by atoms with Crippen molar-refractivity contribution in [1.29, 1.82) is 0 Å². The van der Waals surface area contributed by atoms with Gasteiger partial charge >= 0.3 is 5.00 Å². The van der Waals surface area contributed by atoms with Gasteiger partial charge in [-0.1, -0.05) is 29.5 Å². The Hall–Kier alpha value is -2.30. The van der Waals surface area contributed by atoms with Gasteiger partial charge in [-0.25, -0.2) is 8.42 Å². The van der Waals surface area contributed by atoms with Crippen LogP contribution in [-0.4, -0.2) is 54.6 Å². The maximum atomic E-state index is 12.6. The molecule has 0 radical (unpaired) electrons. The number of rotatable bonds is 4. The van der Waals surface area contributed by atoms with E-state index in [1.165, 1.54) is 33.5 Å². The van der Waals surface area contributed by atoms with Gasteiger partial charge in [0.1, 0.15) is 0 Å². The summed E-state index contributed by atoms with van der Waals surface area (Å²) < 4.78 is 26.5. The Morgan fingerprint density at radius 2 is 1.68 bits per heavy atom. The quantitative estimate of drug-likeness (QED) is 0.594. The molecule has 8 nitrogen and oxygen atoms in total. The number of nitro groups is 1. The smallest absolute Gasteiger partial charge is 0.324 e. The van der Waals surface area contributed by atoms with Gasteiger partial charge in [0, 0.05) is 32.2 Å². The highest BCUT2D eigenvalue weighted by atomic mass is 32.2. The van der Waals surface area contributed by atoms with Crippen LogP contribution >= 0.6 is 11.3 Å².